The van der Waals surface area contributed by atoms with Crippen molar-refractivity contribution in [1.82, 2.24) is 14.9 Å². The Morgan fingerprint density at radius 1 is 1.18 bits per heavy atom. The fourth-order valence-corrected chi connectivity index (χ4v) is 2.91. The summed E-state index contributed by atoms with van der Waals surface area (Å²) >= 11 is 0. The molecular formula is C17H20N4O. The lowest BCUT2D eigenvalue weighted by atomic mass is 10.0. The second-order valence-electron chi connectivity index (χ2n) is 5.55. The molecule has 0 saturated carbocycles. The van der Waals surface area contributed by atoms with Crippen molar-refractivity contribution in [1.29, 1.82) is 0 Å². The smallest absolute Gasteiger partial charge is 0.219 e. The summed E-state index contributed by atoms with van der Waals surface area (Å²) in [6, 6.07) is 12.3. The van der Waals surface area contributed by atoms with Gasteiger partial charge in [0.15, 0.2) is 0 Å². The first-order valence-electron chi connectivity index (χ1n) is 7.52. The van der Waals surface area contributed by atoms with E-state index < -0.39 is 0 Å². The lowest BCUT2D eigenvalue weighted by molar-refractivity contribution is -0.129. The average molecular weight is 296 g/mol. The topological polar surface area (TPSA) is 49.3 Å². The van der Waals surface area contributed by atoms with Gasteiger partial charge in [-0.3, -0.25) is 4.79 Å². The third-order valence-electron chi connectivity index (χ3n) is 4.07. The maximum Gasteiger partial charge on any atom is 0.219 e. The van der Waals surface area contributed by atoms with E-state index in [2.05, 4.69) is 27.0 Å². The number of hydrogen-bond donors (Lipinski definition) is 0. The molecule has 2 aromatic rings. The van der Waals surface area contributed by atoms with Crippen molar-refractivity contribution in [3.8, 4) is 0 Å². The average Bonchev–Trinajstić information content (AvgIpc) is 2.55. The van der Waals surface area contributed by atoms with E-state index in [1.54, 1.807) is 13.1 Å². The third-order valence-corrected chi connectivity index (χ3v) is 4.07. The lowest BCUT2D eigenvalue weighted by Gasteiger charge is -2.42. The highest BCUT2D eigenvalue weighted by Gasteiger charge is 2.30. The first-order chi connectivity index (χ1) is 10.6. The summed E-state index contributed by atoms with van der Waals surface area (Å²) in [5.41, 5.74) is 1.20. The molecule has 0 radical (unpaired) electrons. The van der Waals surface area contributed by atoms with Crippen LogP contribution in [-0.4, -0.2) is 40.4 Å². The Balaban J connectivity index is 1.95. The zero-order valence-corrected chi connectivity index (χ0v) is 12.9. The summed E-state index contributed by atoms with van der Waals surface area (Å²) in [5.74, 6) is 1.81. The van der Waals surface area contributed by atoms with E-state index in [1.165, 1.54) is 5.56 Å². The van der Waals surface area contributed by atoms with Crippen LogP contribution in [0.1, 0.15) is 24.4 Å². The Hall–Kier alpha value is -2.43. The van der Waals surface area contributed by atoms with Crippen LogP contribution in [0.4, 0.5) is 5.82 Å². The Morgan fingerprint density at radius 3 is 2.64 bits per heavy atom. The second kappa shape index (κ2) is 6.13. The van der Waals surface area contributed by atoms with Crippen LogP contribution in [0.5, 0.6) is 0 Å². The van der Waals surface area contributed by atoms with Gasteiger partial charge >= 0.3 is 0 Å². The highest BCUT2D eigenvalue weighted by atomic mass is 16.2. The van der Waals surface area contributed by atoms with E-state index in [0.29, 0.717) is 6.54 Å². The van der Waals surface area contributed by atoms with Crippen molar-refractivity contribution >= 4 is 11.7 Å². The second-order valence-corrected chi connectivity index (χ2v) is 5.55. The molecular weight excluding hydrogens is 276 g/mol. The van der Waals surface area contributed by atoms with Crippen molar-refractivity contribution < 1.29 is 4.79 Å². The SMILES string of the molecule is CC(=O)N1CCN(c2ccnc(C)n2)C(c2ccccc2)C1. The number of aromatic nitrogens is 2. The number of amides is 1. The van der Waals surface area contributed by atoms with Gasteiger partial charge in [-0.05, 0) is 18.6 Å². The van der Waals surface area contributed by atoms with Gasteiger partial charge in [-0.1, -0.05) is 30.3 Å². The van der Waals surface area contributed by atoms with Crippen LogP contribution in [0.3, 0.4) is 0 Å². The molecule has 5 heteroatoms. The van der Waals surface area contributed by atoms with Gasteiger partial charge in [0.2, 0.25) is 5.91 Å². The Bertz CT molecular complexity index is 659. The van der Waals surface area contributed by atoms with Crippen molar-refractivity contribution in [3.63, 3.8) is 0 Å². The summed E-state index contributed by atoms with van der Waals surface area (Å²) < 4.78 is 0. The standard InChI is InChI=1S/C17H20N4O/c1-13-18-9-8-17(19-13)21-11-10-20(14(2)22)12-16(21)15-6-4-3-5-7-15/h3-9,16H,10-12H2,1-2H3. The number of aryl methyl sites for hydroxylation is 1. The largest absolute Gasteiger partial charge is 0.346 e. The Labute approximate surface area is 130 Å². The highest BCUT2D eigenvalue weighted by Crippen LogP contribution is 2.29. The van der Waals surface area contributed by atoms with Crippen molar-refractivity contribution in [2.24, 2.45) is 0 Å². The molecule has 0 bridgehead atoms. The number of carbonyl (C=O) groups excluding carboxylic acids is 1. The molecule has 22 heavy (non-hydrogen) atoms. The minimum Gasteiger partial charge on any atom is -0.346 e. The van der Waals surface area contributed by atoms with Gasteiger partial charge in [0.05, 0.1) is 6.04 Å². The van der Waals surface area contributed by atoms with E-state index in [0.717, 1.165) is 24.7 Å². The molecule has 2 heterocycles. The highest BCUT2D eigenvalue weighted by molar-refractivity contribution is 5.73. The van der Waals surface area contributed by atoms with Gasteiger partial charge in [0.25, 0.3) is 0 Å². The summed E-state index contributed by atoms with van der Waals surface area (Å²) in [6.07, 6.45) is 1.79. The van der Waals surface area contributed by atoms with Crippen LogP contribution in [0, 0.1) is 6.92 Å². The molecule has 5 nitrogen and oxygen atoms in total. The molecule has 1 aliphatic rings. The zero-order valence-electron chi connectivity index (χ0n) is 12.9. The molecule has 0 spiro atoms. The van der Waals surface area contributed by atoms with Crippen molar-refractivity contribution in [3.05, 3.63) is 54.0 Å². The number of anilines is 1. The fraction of sp³-hybridized carbons (Fsp3) is 0.353. The van der Waals surface area contributed by atoms with E-state index in [4.69, 9.17) is 0 Å². The zero-order chi connectivity index (χ0) is 15.5. The molecule has 1 unspecified atom stereocenters. The number of nitrogens with zero attached hydrogens (tertiary/aromatic N) is 4. The Kier molecular flexibility index (Phi) is 4.04. The molecule has 1 aromatic carbocycles. The number of carbonyl (C=O) groups is 1. The summed E-state index contributed by atoms with van der Waals surface area (Å²) in [5, 5.41) is 0. The predicted molar refractivity (Wildman–Crippen MR) is 85.6 cm³/mol. The van der Waals surface area contributed by atoms with Crippen molar-refractivity contribution in [2.45, 2.75) is 19.9 Å². The minimum atomic E-state index is 0.119. The van der Waals surface area contributed by atoms with Crippen LogP contribution in [0.25, 0.3) is 0 Å². The minimum absolute atomic E-state index is 0.119. The molecule has 114 valence electrons. The summed E-state index contributed by atoms with van der Waals surface area (Å²) in [4.78, 5) is 24.7. The van der Waals surface area contributed by atoms with E-state index >= 15 is 0 Å². The van der Waals surface area contributed by atoms with Crippen LogP contribution in [-0.2, 0) is 4.79 Å². The Morgan fingerprint density at radius 2 is 1.95 bits per heavy atom. The molecule has 3 rings (SSSR count). The third kappa shape index (κ3) is 2.93. The molecule has 1 amide bonds. The van der Waals surface area contributed by atoms with Crippen LogP contribution in [0.2, 0.25) is 0 Å². The summed E-state index contributed by atoms with van der Waals surface area (Å²) in [6.45, 7) is 5.71. The predicted octanol–water partition coefficient (Wildman–Crippen LogP) is 2.19. The first kappa shape index (κ1) is 14.5. The molecule has 1 aliphatic heterocycles. The van der Waals surface area contributed by atoms with Crippen molar-refractivity contribution in [2.75, 3.05) is 24.5 Å². The number of benzene rings is 1. The van der Waals surface area contributed by atoms with Crippen LogP contribution < -0.4 is 4.90 Å². The lowest BCUT2D eigenvalue weighted by Crippen LogP contribution is -2.50. The van der Waals surface area contributed by atoms with E-state index in [1.807, 2.05) is 36.1 Å². The number of rotatable bonds is 2. The van der Waals surface area contributed by atoms with Crippen LogP contribution in [0.15, 0.2) is 42.6 Å². The van der Waals surface area contributed by atoms with Gasteiger partial charge in [0, 0.05) is 32.8 Å². The van der Waals surface area contributed by atoms with Gasteiger partial charge < -0.3 is 9.80 Å². The monoisotopic (exact) mass is 296 g/mol. The fourth-order valence-electron chi connectivity index (χ4n) is 2.91. The molecule has 0 N–H and O–H groups in total. The van der Waals surface area contributed by atoms with E-state index in [9.17, 15) is 4.79 Å². The maximum atomic E-state index is 11.8. The molecule has 1 fully saturated rings. The maximum absolute atomic E-state index is 11.8. The van der Waals surface area contributed by atoms with Gasteiger partial charge in [-0.25, -0.2) is 9.97 Å². The quantitative estimate of drug-likeness (QED) is 0.852. The van der Waals surface area contributed by atoms with Gasteiger partial charge in [-0.15, -0.1) is 0 Å². The summed E-state index contributed by atoms with van der Waals surface area (Å²) in [7, 11) is 0. The molecule has 1 aromatic heterocycles. The molecule has 1 saturated heterocycles. The van der Waals surface area contributed by atoms with E-state index in [-0.39, 0.29) is 11.9 Å². The number of hydrogen-bond acceptors (Lipinski definition) is 4. The normalized spacial score (nSPS) is 18.4. The first-order valence-corrected chi connectivity index (χ1v) is 7.52. The van der Waals surface area contributed by atoms with Gasteiger partial charge in [0.1, 0.15) is 11.6 Å². The van der Waals surface area contributed by atoms with Crippen LogP contribution >= 0.6 is 0 Å². The van der Waals surface area contributed by atoms with Gasteiger partial charge in [-0.2, -0.15) is 0 Å². The molecule has 1 atom stereocenters. The molecule has 0 aliphatic carbocycles. The number of piperazine rings is 1.